The predicted molar refractivity (Wildman–Crippen MR) is 74.0 cm³/mol. The SMILES string of the molecule is Cc1cc(C)n2nc(C(=O)NCCC(C)C(=O)O)nc2n1. The highest BCUT2D eigenvalue weighted by Crippen LogP contribution is 2.05. The van der Waals surface area contributed by atoms with Gasteiger partial charge in [-0.3, -0.25) is 9.59 Å². The summed E-state index contributed by atoms with van der Waals surface area (Å²) in [4.78, 5) is 30.9. The molecule has 2 N–H and O–H groups in total. The van der Waals surface area contributed by atoms with Crippen LogP contribution in [0.1, 0.15) is 35.4 Å². The van der Waals surface area contributed by atoms with E-state index in [1.165, 1.54) is 4.52 Å². The van der Waals surface area contributed by atoms with E-state index in [1.807, 2.05) is 19.9 Å². The molecule has 2 heterocycles. The van der Waals surface area contributed by atoms with E-state index in [9.17, 15) is 9.59 Å². The third kappa shape index (κ3) is 3.33. The van der Waals surface area contributed by atoms with Gasteiger partial charge in [0.25, 0.3) is 11.7 Å². The molecule has 1 amide bonds. The first-order valence-electron chi connectivity index (χ1n) is 6.60. The zero-order chi connectivity index (χ0) is 15.6. The quantitative estimate of drug-likeness (QED) is 0.834. The summed E-state index contributed by atoms with van der Waals surface area (Å²) in [6.45, 7) is 5.54. The topological polar surface area (TPSA) is 109 Å². The number of aromatic nitrogens is 4. The second kappa shape index (κ2) is 5.86. The molecule has 112 valence electrons. The molecule has 8 nitrogen and oxygen atoms in total. The molecule has 21 heavy (non-hydrogen) atoms. The molecule has 2 aromatic rings. The van der Waals surface area contributed by atoms with Crippen molar-refractivity contribution in [2.24, 2.45) is 5.92 Å². The summed E-state index contributed by atoms with van der Waals surface area (Å²) >= 11 is 0. The standard InChI is InChI=1S/C13H17N5O3/c1-7(12(20)21)4-5-14-11(19)10-16-13-15-8(2)6-9(3)18(13)17-10/h6-7H,4-5H2,1-3H3,(H,14,19)(H,20,21). The summed E-state index contributed by atoms with van der Waals surface area (Å²) in [7, 11) is 0. The Morgan fingerprint density at radius 1 is 1.38 bits per heavy atom. The molecule has 2 aromatic heterocycles. The Labute approximate surface area is 121 Å². The van der Waals surface area contributed by atoms with Gasteiger partial charge in [0.05, 0.1) is 5.92 Å². The van der Waals surface area contributed by atoms with Crippen LogP contribution in [0.2, 0.25) is 0 Å². The highest BCUT2D eigenvalue weighted by Gasteiger charge is 2.16. The number of carbonyl (C=O) groups is 2. The zero-order valence-corrected chi connectivity index (χ0v) is 12.1. The Morgan fingerprint density at radius 2 is 2.10 bits per heavy atom. The lowest BCUT2D eigenvalue weighted by Crippen LogP contribution is -2.28. The summed E-state index contributed by atoms with van der Waals surface area (Å²) < 4.78 is 1.50. The van der Waals surface area contributed by atoms with E-state index in [0.717, 1.165) is 11.4 Å². The molecule has 0 radical (unpaired) electrons. The lowest BCUT2D eigenvalue weighted by Gasteiger charge is -2.05. The minimum absolute atomic E-state index is 0.0270. The van der Waals surface area contributed by atoms with E-state index in [-0.39, 0.29) is 12.4 Å². The molecule has 1 atom stereocenters. The highest BCUT2D eigenvalue weighted by molar-refractivity contribution is 5.90. The molecule has 0 aromatic carbocycles. The Hall–Kier alpha value is -2.51. The zero-order valence-electron chi connectivity index (χ0n) is 12.1. The highest BCUT2D eigenvalue weighted by atomic mass is 16.4. The molecule has 0 aliphatic rings. The van der Waals surface area contributed by atoms with Gasteiger partial charge in [0.2, 0.25) is 5.82 Å². The normalized spacial score (nSPS) is 12.3. The molecule has 8 heteroatoms. The molecule has 0 aliphatic heterocycles. The number of nitrogens with zero attached hydrogens (tertiary/aromatic N) is 4. The van der Waals surface area contributed by atoms with Gasteiger partial charge >= 0.3 is 5.97 Å². The minimum atomic E-state index is -0.884. The van der Waals surface area contributed by atoms with Gasteiger partial charge in [0.1, 0.15) is 0 Å². The molecular weight excluding hydrogens is 274 g/mol. The average Bonchev–Trinajstić information content (AvgIpc) is 2.82. The van der Waals surface area contributed by atoms with Gasteiger partial charge in [0.15, 0.2) is 0 Å². The molecule has 0 saturated heterocycles. The molecule has 0 fully saturated rings. The monoisotopic (exact) mass is 291 g/mol. The number of fused-ring (bicyclic) bond motifs is 1. The Morgan fingerprint density at radius 3 is 2.76 bits per heavy atom. The van der Waals surface area contributed by atoms with Gasteiger partial charge in [-0.15, -0.1) is 5.10 Å². The number of hydrogen-bond donors (Lipinski definition) is 2. The maximum atomic E-state index is 11.9. The van der Waals surface area contributed by atoms with Crippen LogP contribution in [0.4, 0.5) is 0 Å². The van der Waals surface area contributed by atoms with Gasteiger partial charge in [-0.1, -0.05) is 6.92 Å². The van der Waals surface area contributed by atoms with Gasteiger partial charge < -0.3 is 10.4 Å². The van der Waals surface area contributed by atoms with E-state index < -0.39 is 17.8 Å². The van der Waals surface area contributed by atoms with Crippen molar-refractivity contribution in [3.63, 3.8) is 0 Å². The van der Waals surface area contributed by atoms with E-state index >= 15 is 0 Å². The second-order valence-electron chi connectivity index (χ2n) is 4.97. The number of nitrogens with one attached hydrogen (secondary N) is 1. The molecule has 0 saturated carbocycles. The van der Waals surface area contributed by atoms with Crippen LogP contribution in [-0.4, -0.2) is 43.1 Å². The lowest BCUT2D eigenvalue weighted by molar-refractivity contribution is -0.141. The summed E-state index contributed by atoms with van der Waals surface area (Å²) in [5.41, 5.74) is 1.64. The number of carboxylic acids is 1. The molecule has 0 spiro atoms. The maximum absolute atomic E-state index is 11.9. The average molecular weight is 291 g/mol. The first-order valence-corrected chi connectivity index (χ1v) is 6.60. The lowest BCUT2D eigenvalue weighted by atomic mass is 10.1. The van der Waals surface area contributed by atoms with Crippen molar-refractivity contribution in [1.29, 1.82) is 0 Å². The maximum Gasteiger partial charge on any atom is 0.306 e. The molecule has 0 bridgehead atoms. The smallest absolute Gasteiger partial charge is 0.306 e. The third-order valence-corrected chi connectivity index (χ3v) is 3.11. The molecule has 0 aliphatic carbocycles. The first kappa shape index (κ1) is 14.9. The van der Waals surface area contributed by atoms with Crippen LogP contribution in [0.15, 0.2) is 6.07 Å². The third-order valence-electron chi connectivity index (χ3n) is 3.11. The Kier molecular flexibility index (Phi) is 4.15. The molecular formula is C13H17N5O3. The number of hydrogen-bond acceptors (Lipinski definition) is 5. The molecule has 2 rings (SSSR count). The van der Waals surface area contributed by atoms with Crippen LogP contribution in [0, 0.1) is 19.8 Å². The van der Waals surface area contributed by atoms with E-state index in [0.29, 0.717) is 12.2 Å². The van der Waals surface area contributed by atoms with E-state index in [4.69, 9.17) is 5.11 Å². The van der Waals surface area contributed by atoms with Gasteiger partial charge in [-0.2, -0.15) is 4.98 Å². The van der Waals surface area contributed by atoms with Crippen LogP contribution < -0.4 is 5.32 Å². The number of carbonyl (C=O) groups excluding carboxylic acids is 1. The van der Waals surface area contributed by atoms with Crippen molar-refractivity contribution in [3.05, 3.63) is 23.3 Å². The fraction of sp³-hybridized carbons (Fsp3) is 0.462. The van der Waals surface area contributed by atoms with Crippen molar-refractivity contribution < 1.29 is 14.7 Å². The number of rotatable bonds is 5. The number of carboxylic acid groups (broad SMARTS) is 1. The van der Waals surface area contributed by atoms with E-state index in [1.54, 1.807) is 6.92 Å². The van der Waals surface area contributed by atoms with Crippen molar-refractivity contribution in [3.8, 4) is 0 Å². The molecule has 1 unspecified atom stereocenters. The van der Waals surface area contributed by atoms with Gasteiger partial charge in [-0.05, 0) is 26.3 Å². The van der Waals surface area contributed by atoms with Crippen molar-refractivity contribution in [2.75, 3.05) is 6.54 Å². The largest absolute Gasteiger partial charge is 0.481 e. The van der Waals surface area contributed by atoms with Crippen LogP contribution in [0.5, 0.6) is 0 Å². The van der Waals surface area contributed by atoms with E-state index in [2.05, 4.69) is 20.4 Å². The van der Waals surface area contributed by atoms with Gasteiger partial charge in [-0.25, -0.2) is 9.50 Å². The predicted octanol–water partition coefficient (Wildman–Crippen LogP) is 0.582. The minimum Gasteiger partial charge on any atom is -0.481 e. The second-order valence-corrected chi connectivity index (χ2v) is 4.97. The fourth-order valence-corrected chi connectivity index (χ4v) is 1.87. The summed E-state index contributed by atoms with van der Waals surface area (Å²) in [5, 5.41) is 15.5. The van der Waals surface area contributed by atoms with Crippen LogP contribution in [-0.2, 0) is 4.79 Å². The number of amides is 1. The summed E-state index contributed by atoms with van der Waals surface area (Å²) in [6.07, 6.45) is 0.352. The number of aliphatic carboxylic acids is 1. The first-order chi connectivity index (χ1) is 9.88. The Balaban J connectivity index is 2.06. The van der Waals surface area contributed by atoms with Crippen LogP contribution >= 0.6 is 0 Å². The summed E-state index contributed by atoms with van der Waals surface area (Å²) in [5.74, 6) is -1.43. The van der Waals surface area contributed by atoms with Gasteiger partial charge in [0, 0.05) is 17.9 Å². The van der Waals surface area contributed by atoms with Crippen molar-refractivity contribution >= 4 is 17.7 Å². The van der Waals surface area contributed by atoms with Crippen LogP contribution in [0.3, 0.4) is 0 Å². The Bertz CT molecular complexity index is 694. The van der Waals surface area contributed by atoms with Crippen LogP contribution in [0.25, 0.3) is 5.78 Å². The van der Waals surface area contributed by atoms with Crippen molar-refractivity contribution in [2.45, 2.75) is 27.2 Å². The number of aryl methyl sites for hydroxylation is 2. The summed E-state index contributed by atoms with van der Waals surface area (Å²) in [6, 6.07) is 1.85. The fourth-order valence-electron chi connectivity index (χ4n) is 1.87. The van der Waals surface area contributed by atoms with Crippen molar-refractivity contribution in [1.82, 2.24) is 24.9 Å².